The molecule has 0 bridgehead atoms. The van der Waals surface area contributed by atoms with Gasteiger partial charge in [-0.3, -0.25) is 9.89 Å². The van der Waals surface area contributed by atoms with Crippen molar-refractivity contribution in [3.05, 3.63) is 58.3 Å². The van der Waals surface area contributed by atoms with Crippen LogP contribution in [-0.2, 0) is 10.0 Å². The van der Waals surface area contributed by atoms with Crippen LogP contribution in [0.5, 0.6) is 0 Å². The van der Waals surface area contributed by atoms with Gasteiger partial charge in [0.2, 0.25) is 10.0 Å². The number of carbonyl (C=O) groups excluding carboxylic acids is 1. The highest BCUT2D eigenvalue weighted by atomic mass is 32.2. The summed E-state index contributed by atoms with van der Waals surface area (Å²) in [7, 11) is -3.63. The minimum Gasteiger partial charge on any atom is -0.335 e. The number of aromatic nitrogens is 2. The van der Waals surface area contributed by atoms with Gasteiger partial charge in [-0.05, 0) is 56.0 Å². The second-order valence-electron chi connectivity index (χ2n) is 7.90. The maximum atomic E-state index is 13.4. The number of hydrogen-bond donors (Lipinski definition) is 1. The Kier molecular flexibility index (Phi) is 5.15. The monoisotopic (exact) mass is 426 g/mol. The quantitative estimate of drug-likeness (QED) is 0.698. The number of nitrogens with one attached hydrogen (secondary N) is 1. The van der Waals surface area contributed by atoms with Crippen LogP contribution in [0.2, 0.25) is 0 Å². The van der Waals surface area contributed by atoms with Crippen LogP contribution in [0.3, 0.4) is 0 Å². The molecule has 0 unspecified atom stereocenters. The van der Waals surface area contributed by atoms with Gasteiger partial charge in [0.1, 0.15) is 0 Å². The molecule has 1 N–H and O–H groups in total. The number of amides is 1. The predicted molar refractivity (Wildman–Crippen MR) is 116 cm³/mol. The minimum absolute atomic E-state index is 0.178. The number of sulfonamides is 1. The Bertz CT molecular complexity index is 1210. The summed E-state index contributed by atoms with van der Waals surface area (Å²) >= 11 is 0. The van der Waals surface area contributed by atoms with Gasteiger partial charge < -0.3 is 4.90 Å². The average molecular weight is 427 g/mol. The van der Waals surface area contributed by atoms with Gasteiger partial charge in [-0.1, -0.05) is 24.3 Å². The van der Waals surface area contributed by atoms with Gasteiger partial charge in [-0.2, -0.15) is 9.40 Å². The van der Waals surface area contributed by atoms with Crippen molar-refractivity contribution < 1.29 is 13.2 Å². The Morgan fingerprint density at radius 1 is 0.967 bits per heavy atom. The Morgan fingerprint density at radius 3 is 2.20 bits per heavy atom. The molecule has 1 aliphatic rings. The number of hydrogen-bond acceptors (Lipinski definition) is 4. The van der Waals surface area contributed by atoms with Crippen molar-refractivity contribution in [2.24, 2.45) is 0 Å². The van der Waals surface area contributed by atoms with E-state index in [0.717, 1.165) is 33.2 Å². The maximum absolute atomic E-state index is 13.4. The lowest BCUT2D eigenvalue weighted by Crippen LogP contribution is -2.50. The summed E-state index contributed by atoms with van der Waals surface area (Å²) in [6.07, 6.45) is 0. The molecule has 0 radical (unpaired) electrons. The summed E-state index contributed by atoms with van der Waals surface area (Å²) in [6.45, 7) is 8.79. The van der Waals surface area contributed by atoms with Crippen LogP contribution >= 0.6 is 0 Å². The highest BCUT2D eigenvalue weighted by molar-refractivity contribution is 7.89. The first-order valence-electron chi connectivity index (χ1n) is 10.0. The molecule has 0 atom stereocenters. The fourth-order valence-corrected chi connectivity index (χ4v) is 6.10. The minimum atomic E-state index is -3.63. The van der Waals surface area contributed by atoms with E-state index in [1.807, 2.05) is 58.0 Å². The molecule has 1 aliphatic heterocycles. The zero-order chi connectivity index (χ0) is 21.6. The van der Waals surface area contributed by atoms with Crippen molar-refractivity contribution in [1.29, 1.82) is 0 Å². The van der Waals surface area contributed by atoms with Crippen molar-refractivity contribution in [1.82, 2.24) is 19.4 Å². The number of carbonyl (C=O) groups is 1. The van der Waals surface area contributed by atoms with E-state index < -0.39 is 10.0 Å². The number of aryl methyl sites for hydroxylation is 2. The zero-order valence-corrected chi connectivity index (χ0v) is 18.5. The Hall–Kier alpha value is -2.71. The number of aromatic amines is 1. The SMILES string of the molecule is Cc1cc(C)c(C)c(S(=O)(=O)N2CCN(C(=O)c3n[nH]c4ccccc34)CC2)c1C. The molecule has 1 saturated heterocycles. The van der Waals surface area contributed by atoms with E-state index in [1.54, 1.807) is 4.90 Å². The molecule has 2 aromatic carbocycles. The number of fused-ring (bicyclic) bond motifs is 1. The van der Waals surface area contributed by atoms with Crippen molar-refractivity contribution in [3.63, 3.8) is 0 Å². The zero-order valence-electron chi connectivity index (χ0n) is 17.7. The molecule has 7 nitrogen and oxygen atoms in total. The molecular formula is C22H26N4O3S. The van der Waals surface area contributed by atoms with Crippen LogP contribution in [-0.4, -0.2) is 59.9 Å². The standard InChI is InChI=1S/C22H26N4O3S/c1-14-13-15(2)17(4)21(16(14)3)30(28,29)26-11-9-25(10-12-26)22(27)20-18-7-5-6-8-19(18)23-24-20/h5-8,13H,9-12H2,1-4H3,(H,23,24). The first-order chi connectivity index (χ1) is 14.2. The Morgan fingerprint density at radius 2 is 1.57 bits per heavy atom. The van der Waals surface area contributed by atoms with Crippen LogP contribution in [0.25, 0.3) is 10.9 Å². The highest BCUT2D eigenvalue weighted by Gasteiger charge is 2.33. The molecule has 0 spiro atoms. The summed E-state index contributed by atoms with van der Waals surface area (Å²) < 4.78 is 28.3. The van der Waals surface area contributed by atoms with Crippen LogP contribution in [0, 0.1) is 27.7 Å². The fraction of sp³-hybridized carbons (Fsp3) is 0.364. The Balaban J connectivity index is 1.56. The van der Waals surface area contributed by atoms with Crippen LogP contribution in [0.15, 0.2) is 35.2 Å². The van der Waals surface area contributed by atoms with Crippen molar-refractivity contribution in [3.8, 4) is 0 Å². The van der Waals surface area contributed by atoms with Gasteiger partial charge in [0.25, 0.3) is 5.91 Å². The number of para-hydroxylation sites is 1. The van der Waals surface area contributed by atoms with E-state index in [2.05, 4.69) is 10.2 Å². The summed E-state index contributed by atoms with van der Waals surface area (Å²) in [5.41, 5.74) is 4.71. The summed E-state index contributed by atoms with van der Waals surface area (Å²) in [4.78, 5) is 15.1. The average Bonchev–Trinajstić information content (AvgIpc) is 3.16. The van der Waals surface area contributed by atoms with Gasteiger partial charge in [-0.15, -0.1) is 0 Å². The van der Waals surface area contributed by atoms with Gasteiger partial charge >= 0.3 is 0 Å². The highest BCUT2D eigenvalue weighted by Crippen LogP contribution is 2.29. The van der Waals surface area contributed by atoms with E-state index in [0.29, 0.717) is 23.7 Å². The molecule has 30 heavy (non-hydrogen) atoms. The van der Waals surface area contributed by atoms with Crippen LogP contribution in [0.4, 0.5) is 0 Å². The molecule has 158 valence electrons. The molecule has 1 aromatic heterocycles. The van der Waals surface area contributed by atoms with E-state index in [-0.39, 0.29) is 19.0 Å². The van der Waals surface area contributed by atoms with Crippen molar-refractivity contribution in [2.45, 2.75) is 32.6 Å². The smallest absolute Gasteiger partial charge is 0.275 e. The van der Waals surface area contributed by atoms with Gasteiger partial charge in [0, 0.05) is 31.6 Å². The third-order valence-electron chi connectivity index (χ3n) is 6.09. The number of H-pyrrole nitrogens is 1. The number of nitrogens with zero attached hydrogens (tertiary/aromatic N) is 3. The lowest BCUT2D eigenvalue weighted by atomic mass is 10.0. The fourth-order valence-electron chi connectivity index (χ4n) is 4.10. The first kappa shape index (κ1) is 20.6. The topological polar surface area (TPSA) is 86.4 Å². The normalized spacial score (nSPS) is 15.7. The van der Waals surface area contributed by atoms with Gasteiger partial charge in [-0.25, -0.2) is 8.42 Å². The number of rotatable bonds is 3. The second kappa shape index (κ2) is 7.52. The van der Waals surface area contributed by atoms with E-state index in [4.69, 9.17) is 0 Å². The molecule has 2 heterocycles. The lowest BCUT2D eigenvalue weighted by Gasteiger charge is -2.34. The van der Waals surface area contributed by atoms with Crippen LogP contribution < -0.4 is 0 Å². The predicted octanol–water partition coefficient (Wildman–Crippen LogP) is 2.94. The van der Waals surface area contributed by atoms with Gasteiger partial charge in [0.15, 0.2) is 5.69 Å². The first-order valence-corrected chi connectivity index (χ1v) is 11.5. The summed E-state index contributed by atoms with van der Waals surface area (Å²) in [5.74, 6) is -0.178. The van der Waals surface area contributed by atoms with Gasteiger partial charge in [0.05, 0.1) is 10.4 Å². The number of benzene rings is 2. The van der Waals surface area contributed by atoms with Crippen molar-refractivity contribution in [2.75, 3.05) is 26.2 Å². The third-order valence-corrected chi connectivity index (χ3v) is 8.27. The van der Waals surface area contributed by atoms with E-state index in [1.165, 1.54) is 4.31 Å². The molecule has 8 heteroatoms. The van der Waals surface area contributed by atoms with E-state index >= 15 is 0 Å². The lowest BCUT2D eigenvalue weighted by molar-refractivity contribution is 0.0694. The second-order valence-corrected chi connectivity index (χ2v) is 9.78. The van der Waals surface area contributed by atoms with E-state index in [9.17, 15) is 13.2 Å². The maximum Gasteiger partial charge on any atom is 0.275 e. The molecule has 1 amide bonds. The van der Waals surface area contributed by atoms with Crippen molar-refractivity contribution >= 4 is 26.8 Å². The van der Waals surface area contributed by atoms with Crippen LogP contribution in [0.1, 0.15) is 32.7 Å². The number of piperazine rings is 1. The summed E-state index contributed by atoms with van der Waals surface area (Å²) in [5, 5.41) is 7.84. The molecule has 4 rings (SSSR count). The molecular weight excluding hydrogens is 400 g/mol. The largest absolute Gasteiger partial charge is 0.335 e. The molecule has 0 saturated carbocycles. The summed E-state index contributed by atoms with van der Waals surface area (Å²) in [6, 6.07) is 9.51. The molecule has 3 aromatic rings. The molecule has 0 aliphatic carbocycles. The molecule has 1 fully saturated rings. The third kappa shape index (κ3) is 3.30. The Labute approximate surface area is 176 Å².